The van der Waals surface area contributed by atoms with Crippen LogP contribution in [0.2, 0.25) is 5.02 Å². The van der Waals surface area contributed by atoms with Crippen LogP contribution in [-0.2, 0) is 0 Å². The summed E-state index contributed by atoms with van der Waals surface area (Å²) < 4.78 is 0. The molecule has 3 nitrogen and oxygen atoms in total. The first-order valence-corrected chi connectivity index (χ1v) is 6.21. The molecule has 0 aromatic heterocycles. The second-order valence-electron chi connectivity index (χ2n) is 4.46. The second-order valence-corrected chi connectivity index (χ2v) is 4.86. The number of aliphatic hydroxyl groups excluding tert-OH is 1. The first-order chi connectivity index (χ1) is 8.19. The van der Waals surface area contributed by atoms with Crippen LogP contribution >= 0.6 is 11.6 Å². The minimum atomic E-state index is -0.158. The molecule has 1 aromatic carbocycles. The molecule has 4 heteroatoms. The fourth-order valence-electron chi connectivity index (χ4n) is 2.15. The van der Waals surface area contributed by atoms with Crippen LogP contribution in [0.15, 0.2) is 18.2 Å². The number of hydrogen-bond donors (Lipinski definition) is 2. The molecule has 0 amide bonds. The van der Waals surface area contributed by atoms with E-state index < -0.39 is 0 Å². The topological polar surface area (TPSA) is 56.0 Å². The van der Waals surface area contributed by atoms with Crippen molar-refractivity contribution in [1.82, 2.24) is 0 Å². The number of anilines is 1. The van der Waals surface area contributed by atoms with Gasteiger partial charge in [0.25, 0.3) is 0 Å². The standard InChI is InChI=1S/C13H15ClN2O/c14-12-6-1-9(8-15)7-13(12)16-10-2-4-11(17)5-3-10/h1,6-7,10-11,16-17H,2-5H2. The van der Waals surface area contributed by atoms with E-state index in [4.69, 9.17) is 16.9 Å². The number of benzene rings is 1. The van der Waals surface area contributed by atoms with Gasteiger partial charge in [0, 0.05) is 6.04 Å². The molecule has 1 aliphatic rings. The molecule has 2 N–H and O–H groups in total. The van der Waals surface area contributed by atoms with E-state index in [9.17, 15) is 5.11 Å². The normalized spacial score (nSPS) is 24.1. The Labute approximate surface area is 106 Å². The number of hydrogen-bond acceptors (Lipinski definition) is 3. The third-order valence-electron chi connectivity index (χ3n) is 3.15. The molecule has 17 heavy (non-hydrogen) atoms. The average molecular weight is 251 g/mol. The summed E-state index contributed by atoms with van der Waals surface area (Å²) in [5.41, 5.74) is 1.42. The highest BCUT2D eigenvalue weighted by atomic mass is 35.5. The molecular weight excluding hydrogens is 236 g/mol. The van der Waals surface area contributed by atoms with Crippen LogP contribution in [0.5, 0.6) is 0 Å². The molecule has 1 aliphatic carbocycles. The Kier molecular flexibility index (Phi) is 3.88. The summed E-state index contributed by atoms with van der Waals surface area (Å²) in [5, 5.41) is 22.3. The molecule has 0 aliphatic heterocycles. The Bertz CT molecular complexity index is 434. The van der Waals surface area contributed by atoms with E-state index >= 15 is 0 Å². The zero-order valence-electron chi connectivity index (χ0n) is 9.49. The van der Waals surface area contributed by atoms with Gasteiger partial charge in [-0.15, -0.1) is 0 Å². The number of nitrogens with zero attached hydrogens (tertiary/aromatic N) is 1. The van der Waals surface area contributed by atoms with Gasteiger partial charge in [0.2, 0.25) is 0 Å². The van der Waals surface area contributed by atoms with Gasteiger partial charge >= 0.3 is 0 Å². The first-order valence-electron chi connectivity index (χ1n) is 5.83. The number of rotatable bonds is 2. The van der Waals surface area contributed by atoms with Gasteiger partial charge in [0.15, 0.2) is 0 Å². The molecule has 2 rings (SSSR count). The summed E-state index contributed by atoms with van der Waals surface area (Å²) in [4.78, 5) is 0. The summed E-state index contributed by atoms with van der Waals surface area (Å²) >= 11 is 6.08. The lowest BCUT2D eigenvalue weighted by molar-refractivity contribution is 0.126. The van der Waals surface area contributed by atoms with Crippen LogP contribution in [0.4, 0.5) is 5.69 Å². The van der Waals surface area contributed by atoms with Crippen molar-refractivity contribution in [2.45, 2.75) is 37.8 Å². The summed E-state index contributed by atoms with van der Waals surface area (Å²) in [6, 6.07) is 7.65. The first kappa shape index (κ1) is 12.2. The highest BCUT2D eigenvalue weighted by molar-refractivity contribution is 6.33. The Balaban J connectivity index is 2.05. The van der Waals surface area contributed by atoms with Gasteiger partial charge in [-0.25, -0.2) is 0 Å². The number of aliphatic hydroxyl groups is 1. The Morgan fingerprint density at radius 1 is 1.29 bits per heavy atom. The summed E-state index contributed by atoms with van der Waals surface area (Å²) in [6.45, 7) is 0. The molecule has 1 aromatic rings. The summed E-state index contributed by atoms with van der Waals surface area (Å²) in [6.07, 6.45) is 3.37. The van der Waals surface area contributed by atoms with Gasteiger partial charge in [-0.3, -0.25) is 0 Å². The Morgan fingerprint density at radius 3 is 2.65 bits per heavy atom. The molecule has 0 heterocycles. The van der Waals surface area contributed by atoms with Gasteiger partial charge in [-0.2, -0.15) is 5.26 Å². The van der Waals surface area contributed by atoms with Crippen LogP contribution in [-0.4, -0.2) is 17.3 Å². The molecule has 0 spiro atoms. The third kappa shape index (κ3) is 3.12. The van der Waals surface area contributed by atoms with Crippen molar-refractivity contribution in [2.24, 2.45) is 0 Å². The smallest absolute Gasteiger partial charge is 0.0992 e. The fraction of sp³-hybridized carbons (Fsp3) is 0.462. The third-order valence-corrected chi connectivity index (χ3v) is 3.48. The Hall–Kier alpha value is -1.24. The van der Waals surface area contributed by atoms with E-state index in [0.29, 0.717) is 16.6 Å². The molecule has 1 saturated carbocycles. The lowest BCUT2D eigenvalue weighted by Gasteiger charge is -2.27. The van der Waals surface area contributed by atoms with Crippen LogP contribution in [0, 0.1) is 11.3 Å². The zero-order chi connectivity index (χ0) is 12.3. The van der Waals surface area contributed by atoms with Crippen LogP contribution in [0.1, 0.15) is 31.2 Å². The predicted molar refractivity (Wildman–Crippen MR) is 68.1 cm³/mol. The lowest BCUT2D eigenvalue weighted by Crippen LogP contribution is -2.28. The number of nitrogens with one attached hydrogen (secondary N) is 1. The predicted octanol–water partition coefficient (Wildman–Crippen LogP) is 2.93. The minimum absolute atomic E-state index is 0.158. The second kappa shape index (κ2) is 5.39. The highest BCUT2D eigenvalue weighted by Gasteiger charge is 2.19. The fourth-order valence-corrected chi connectivity index (χ4v) is 2.32. The van der Waals surface area contributed by atoms with Gasteiger partial charge in [-0.05, 0) is 43.9 Å². The van der Waals surface area contributed by atoms with Gasteiger partial charge in [-0.1, -0.05) is 11.6 Å². The molecular formula is C13H15ClN2O. The van der Waals surface area contributed by atoms with Gasteiger partial charge in [0.1, 0.15) is 0 Å². The monoisotopic (exact) mass is 250 g/mol. The van der Waals surface area contributed by atoms with E-state index in [2.05, 4.69) is 11.4 Å². The van der Waals surface area contributed by atoms with Crippen molar-refractivity contribution in [3.05, 3.63) is 28.8 Å². The maximum atomic E-state index is 9.43. The Morgan fingerprint density at radius 2 is 2.00 bits per heavy atom. The van der Waals surface area contributed by atoms with Crippen molar-refractivity contribution in [3.8, 4) is 6.07 Å². The molecule has 0 radical (unpaired) electrons. The lowest BCUT2D eigenvalue weighted by atomic mass is 9.93. The quantitative estimate of drug-likeness (QED) is 0.849. The van der Waals surface area contributed by atoms with Crippen molar-refractivity contribution in [2.75, 3.05) is 5.32 Å². The largest absolute Gasteiger partial charge is 0.393 e. The molecule has 0 unspecified atom stereocenters. The van der Waals surface area contributed by atoms with E-state index in [1.165, 1.54) is 0 Å². The van der Waals surface area contributed by atoms with E-state index in [0.717, 1.165) is 31.4 Å². The van der Waals surface area contributed by atoms with Crippen LogP contribution < -0.4 is 5.32 Å². The van der Waals surface area contributed by atoms with Crippen molar-refractivity contribution in [3.63, 3.8) is 0 Å². The molecule has 0 saturated heterocycles. The minimum Gasteiger partial charge on any atom is -0.393 e. The zero-order valence-corrected chi connectivity index (χ0v) is 10.2. The number of halogens is 1. The maximum absolute atomic E-state index is 9.43. The van der Waals surface area contributed by atoms with Crippen molar-refractivity contribution in [1.29, 1.82) is 5.26 Å². The molecule has 1 fully saturated rings. The molecule has 90 valence electrons. The van der Waals surface area contributed by atoms with E-state index in [-0.39, 0.29) is 6.10 Å². The summed E-state index contributed by atoms with van der Waals surface area (Å²) in [7, 11) is 0. The maximum Gasteiger partial charge on any atom is 0.0992 e. The van der Waals surface area contributed by atoms with Crippen molar-refractivity contribution < 1.29 is 5.11 Å². The molecule has 0 bridgehead atoms. The van der Waals surface area contributed by atoms with Gasteiger partial charge in [0.05, 0.1) is 28.4 Å². The highest BCUT2D eigenvalue weighted by Crippen LogP contribution is 2.27. The SMILES string of the molecule is N#Cc1ccc(Cl)c(NC2CCC(O)CC2)c1. The van der Waals surface area contributed by atoms with E-state index in [1.807, 2.05) is 0 Å². The van der Waals surface area contributed by atoms with Crippen LogP contribution in [0.3, 0.4) is 0 Å². The van der Waals surface area contributed by atoms with Gasteiger partial charge < -0.3 is 10.4 Å². The summed E-state index contributed by atoms with van der Waals surface area (Å²) in [5.74, 6) is 0. The molecule has 0 atom stereocenters. The van der Waals surface area contributed by atoms with E-state index in [1.54, 1.807) is 18.2 Å². The van der Waals surface area contributed by atoms with Crippen molar-refractivity contribution >= 4 is 17.3 Å². The average Bonchev–Trinajstić information content (AvgIpc) is 2.35. The number of nitriles is 1. The van der Waals surface area contributed by atoms with Crippen LogP contribution in [0.25, 0.3) is 0 Å².